The molecule has 2 rings (SSSR count). The molecule has 0 amide bonds. The molecule has 0 aromatic heterocycles. The standard InChI is InChI=1S/C17H15NO4/c1-11-7-8-13(9-12(11)2)15(17(19)20)10-14-5-3-4-6-16(14)18(21)22/h3-10H,1-2H3,(H,19,20)/b15-10-. The number of nitro benzene ring substituents is 1. The van der Waals surface area contributed by atoms with Gasteiger partial charge in [-0.2, -0.15) is 0 Å². The van der Waals surface area contributed by atoms with Gasteiger partial charge < -0.3 is 5.11 Å². The molecule has 0 fully saturated rings. The van der Waals surface area contributed by atoms with Crippen LogP contribution in [0.25, 0.3) is 11.6 Å². The first-order chi connectivity index (χ1) is 10.4. The van der Waals surface area contributed by atoms with E-state index in [1.807, 2.05) is 19.9 Å². The van der Waals surface area contributed by atoms with Crippen molar-refractivity contribution in [2.24, 2.45) is 0 Å². The number of hydrogen-bond acceptors (Lipinski definition) is 3. The van der Waals surface area contributed by atoms with E-state index in [1.165, 1.54) is 18.2 Å². The fraction of sp³-hybridized carbons (Fsp3) is 0.118. The van der Waals surface area contributed by atoms with Crippen molar-refractivity contribution in [2.45, 2.75) is 13.8 Å². The fourth-order valence-electron chi connectivity index (χ4n) is 2.11. The molecule has 0 heterocycles. The minimum absolute atomic E-state index is 0.0254. The molecule has 5 heteroatoms. The summed E-state index contributed by atoms with van der Waals surface area (Å²) in [5, 5.41) is 20.5. The average molecular weight is 297 g/mol. The highest BCUT2D eigenvalue weighted by Gasteiger charge is 2.16. The highest BCUT2D eigenvalue weighted by Crippen LogP contribution is 2.26. The Balaban J connectivity index is 2.60. The number of carboxylic acid groups (broad SMARTS) is 1. The van der Waals surface area contributed by atoms with Gasteiger partial charge in [-0.3, -0.25) is 10.1 Å². The highest BCUT2D eigenvalue weighted by atomic mass is 16.6. The lowest BCUT2D eigenvalue weighted by atomic mass is 9.98. The molecule has 5 nitrogen and oxygen atoms in total. The molecule has 2 aromatic rings. The van der Waals surface area contributed by atoms with Gasteiger partial charge in [0.25, 0.3) is 5.69 Å². The summed E-state index contributed by atoms with van der Waals surface area (Å²) in [5.41, 5.74) is 2.71. The van der Waals surface area contributed by atoms with Crippen molar-refractivity contribution >= 4 is 23.3 Å². The number of benzene rings is 2. The summed E-state index contributed by atoms with van der Waals surface area (Å²) in [6.07, 6.45) is 1.34. The maximum atomic E-state index is 11.5. The van der Waals surface area contributed by atoms with Crippen LogP contribution in [0.15, 0.2) is 42.5 Å². The van der Waals surface area contributed by atoms with Gasteiger partial charge in [0.15, 0.2) is 0 Å². The normalized spacial score (nSPS) is 11.3. The van der Waals surface area contributed by atoms with Crippen LogP contribution in [0.2, 0.25) is 0 Å². The van der Waals surface area contributed by atoms with Crippen LogP contribution >= 0.6 is 0 Å². The second-order valence-corrected chi connectivity index (χ2v) is 4.98. The number of rotatable bonds is 4. The molecular weight excluding hydrogens is 282 g/mol. The molecule has 0 saturated heterocycles. The summed E-state index contributed by atoms with van der Waals surface area (Å²) in [7, 11) is 0. The van der Waals surface area contributed by atoms with E-state index in [4.69, 9.17) is 0 Å². The van der Waals surface area contributed by atoms with Crippen LogP contribution in [0, 0.1) is 24.0 Å². The minimum atomic E-state index is -1.12. The maximum absolute atomic E-state index is 11.5. The number of carboxylic acids is 1. The molecule has 0 bridgehead atoms. The molecule has 0 spiro atoms. The molecular formula is C17H15NO4. The molecule has 0 aliphatic rings. The SMILES string of the molecule is Cc1ccc(/C(=C/c2ccccc2[N+](=O)[O-])C(=O)O)cc1C. The third kappa shape index (κ3) is 3.20. The molecule has 1 N–H and O–H groups in total. The monoisotopic (exact) mass is 297 g/mol. The Labute approximate surface area is 127 Å². The van der Waals surface area contributed by atoms with Crippen molar-refractivity contribution in [1.29, 1.82) is 0 Å². The van der Waals surface area contributed by atoms with Gasteiger partial charge in [-0.1, -0.05) is 30.3 Å². The molecule has 0 unspecified atom stereocenters. The second kappa shape index (κ2) is 6.22. The van der Waals surface area contributed by atoms with E-state index in [1.54, 1.807) is 24.3 Å². The van der Waals surface area contributed by atoms with E-state index in [-0.39, 0.29) is 16.8 Å². The second-order valence-electron chi connectivity index (χ2n) is 4.98. The largest absolute Gasteiger partial charge is 0.478 e. The van der Waals surface area contributed by atoms with Crippen LogP contribution in [-0.2, 0) is 4.79 Å². The van der Waals surface area contributed by atoms with E-state index < -0.39 is 10.9 Å². The summed E-state index contributed by atoms with van der Waals surface area (Å²) >= 11 is 0. The Morgan fingerprint density at radius 2 is 1.82 bits per heavy atom. The predicted molar refractivity (Wildman–Crippen MR) is 84.5 cm³/mol. The number of para-hydroxylation sites is 1. The number of nitro groups is 1. The fourth-order valence-corrected chi connectivity index (χ4v) is 2.11. The lowest BCUT2D eigenvalue weighted by Crippen LogP contribution is -2.01. The first kappa shape index (κ1) is 15.4. The number of carbonyl (C=O) groups is 1. The molecule has 0 atom stereocenters. The number of hydrogen-bond donors (Lipinski definition) is 1. The van der Waals surface area contributed by atoms with E-state index in [9.17, 15) is 20.0 Å². The van der Waals surface area contributed by atoms with Gasteiger partial charge in [-0.05, 0) is 42.7 Å². The van der Waals surface area contributed by atoms with Gasteiger partial charge in [0.05, 0.1) is 16.1 Å². The van der Waals surface area contributed by atoms with Crippen molar-refractivity contribution in [1.82, 2.24) is 0 Å². The molecule has 0 saturated carbocycles. The number of aryl methyl sites for hydroxylation is 2. The third-order valence-corrected chi connectivity index (χ3v) is 3.48. The lowest BCUT2D eigenvalue weighted by molar-refractivity contribution is -0.385. The van der Waals surface area contributed by atoms with Crippen LogP contribution < -0.4 is 0 Å². The Morgan fingerprint density at radius 1 is 1.14 bits per heavy atom. The van der Waals surface area contributed by atoms with Crippen molar-refractivity contribution in [2.75, 3.05) is 0 Å². The Bertz CT molecular complexity index is 778. The number of aliphatic carboxylic acids is 1. The van der Waals surface area contributed by atoms with Crippen molar-refractivity contribution in [3.63, 3.8) is 0 Å². The maximum Gasteiger partial charge on any atom is 0.336 e. The summed E-state index contributed by atoms with van der Waals surface area (Å²) in [6.45, 7) is 3.83. The van der Waals surface area contributed by atoms with Crippen LogP contribution in [0.1, 0.15) is 22.3 Å². The summed E-state index contributed by atoms with van der Waals surface area (Å²) in [6, 6.07) is 11.4. The van der Waals surface area contributed by atoms with E-state index in [2.05, 4.69) is 0 Å². The van der Waals surface area contributed by atoms with Crippen LogP contribution in [0.4, 0.5) is 5.69 Å². The minimum Gasteiger partial charge on any atom is -0.478 e. The Morgan fingerprint density at radius 3 is 2.41 bits per heavy atom. The average Bonchev–Trinajstić information content (AvgIpc) is 2.47. The van der Waals surface area contributed by atoms with Gasteiger partial charge in [-0.15, -0.1) is 0 Å². The zero-order chi connectivity index (χ0) is 16.3. The van der Waals surface area contributed by atoms with Crippen molar-refractivity contribution in [3.05, 3.63) is 74.8 Å². The quantitative estimate of drug-likeness (QED) is 0.402. The molecule has 112 valence electrons. The topological polar surface area (TPSA) is 80.4 Å². The van der Waals surface area contributed by atoms with Crippen molar-refractivity contribution in [3.8, 4) is 0 Å². The first-order valence-corrected chi connectivity index (χ1v) is 6.66. The van der Waals surface area contributed by atoms with Crippen LogP contribution in [0.5, 0.6) is 0 Å². The Hall–Kier alpha value is -2.95. The zero-order valence-corrected chi connectivity index (χ0v) is 12.2. The highest BCUT2D eigenvalue weighted by molar-refractivity contribution is 6.21. The van der Waals surface area contributed by atoms with Crippen LogP contribution in [-0.4, -0.2) is 16.0 Å². The molecule has 0 aliphatic heterocycles. The Kier molecular flexibility index (Phi) is 4.36. The molecule has 0 radical (unpaired) electrons. The number of nitrogens with zero attached hydrogens (tertiary/aromatic N) is 1. The van der Waals surface area contributed by atoms with Gasteiger partial charge in [0.1, 0.15) is 0 Å². The summed E-state index contributed by atoms with van der Waals surface area (Å²) in [5.74, 6) is -1.12. The third-order valence-electron chi connectivity index (χ3n) is 3.48. The molecule has 2 aromatic carbocycles. The van der Waals surface area contributed by atoms with Gasteiger partial charge in [0, 0.05) is 6.07 Å². The molecule has 0 aliphatic carbocycles. The molecule has 22 heavy (non-hydrogen) atoms. The summed E-state index contributed by atoms with van der Waals surface area (Å²) in [4.78, 5) is 22.1. The van der Waals surface area contributed by atoms with Gasteiger partial charge in [0.2, 0.25) is 0 Å². The van der Waals surface area contributed by atoms with E-state index in [0.29, 0.717) is 5.56 Å². The predicted octanol–water partition coefficient (Wildman–Crippen LogP) is 3.84. The van der Waals surface area contributed by atoms with Crippen molar-refractivity contribution < 1.29 is 14.8 Å². The van der Waals surface area contributed by atoms with E-state index >= 15 is 0 Å². The van der Waals surface area contributed by atoms with Gasteiger partial charge in [-0.25, -0.2) is 4.79 Å². The first-order valence-electron chi connectivity index (χ1n) is 6.66. The van der Waals surface area contributed by atoms with Crippen LogP contribution in [0.3, 0.4) is 0 Å². The summed E-state index contributed by atoms with van der Waals surface area (Å²) < 4.78 is 0. The zero-order valence-electron chi connectivity index (χ0n) is 12.2. The van der Waals surface area contributed by atoms with Gasteiger partial charge >= 0.3 is 5.97 Å². The van der Waals surface area contributed by atoms with E-state index in [0.717, 1.165) is 11.1 Å². The smallest absolute Gasteiger partial charge is 0.336 e. The lowest BCUT2D eigenvalue weighted by Gasteiger charge is -2.07.